The third-order valence-electron chi connectivity index (χ3n) is 9.44. The number of hydrogen-bond donors (Lipinski definition) is 1. The Labute approximate surface area is 413 Å². The summed E-state index contributed by atoms with van der Waals surface area (Å²) >= 11 is 0. The van der Waals surface area contributed by atoms with Gasteiger partial charge in [-0.2, -0.15) is 0 Å². The summed E-state index contributed by atoms with van der Waals surface area (Å²) in [4.78, 5) is 24.4. The van der Waals surface area contributed by atoms with Crippen LogP contribution < -0.4 is 0 Å². The summed E-state index contributed by atoms with van der Waals surface area (Å²) in [6, 6.07) is 64.3. The maximum atomic E-state index is 11.2. The van der Waals surface area contributed by atoms with Gasteiger partial charge >= 0.3 is 0 Å². The number of pyridine rings is 3. The fourth-order valence-corrected chi connectivity index (χ4v) is 6.27. The van der Waals surface area contributed by atoms with Crippen molar-refractivity contribution in [2.24, 2.45) is 11.8 Å². The van der Waals surface area contributed by atoms with Crippen molar-refractivity contribution in [3.63, 3.8) is 0 Å². The monoisotopic (exact) mass is 1210 g/mol. The minimum absolute atomic E-state index is 0. The Morgan fingerprint density at radius 2 is 0.985 bits per heavy atom. The van der Waals surface area contributed by atoms with Crippen molar-refractivity contribution in [1.29, 1.82) is 0 Å². The van der Waals surface area contributed by atoms with E-state index in [1.54, 1.807) is 0 Å². The molecule has 0 fully saturated rings. The topological polar surface area (TPSA) is 76.0 Å². The van der Waals surface area contributed by atoms with E-state index in [2.05, 4.69) is 94.7 Å². The number of aliphatic hydroxyl groups is 1. The van der Waals surface area contributed by atoms with Gasteiger partial charge in [0.05, 0.1) is 5.76 Å². The molecule has 336 valence electrons. The molecule has 8 aromatic rings. The Hall–Kier alpha value is -5.94. The van der Waals surface area contributed by atoms with Gasteiger partial charge in [0, 0.05) is 77.7 Å². The van der Waals surface area contributed by atoms with Crippen molar-refractivity contribution in [3.05, 3.63) is 224 Å². The molecule has 3 aromatic heterocycles. The first-order chi connectivity index (χ1) is 30.5. The molecular weight excluding hydrogens is 1160 g/mol. The Balaban J connectivity index is 0.000000231. The summed E-state index contributed by atoms with van der Waals surface area (Å²) in [6.07, 6.45) is 8.10. The molecule has 3 heterocycles. The number of carbonyl (C=O) groups is 1. The van der Waals surface area contributed by atoms with E-state index in [0.717, 1.165) is 39.3 Å². The standard InChI is InChI=1S/C18H14N.C17H12N.C12H10N.C11H20O2.2Ir/c1-14-7-9-15(10-8-14)17-11-12-19-18(13-17)16-5-3-2-4-6-16;1-3-7-14(8-4-1)16-11-12-17(18-13-16)15-9-5-2-6-10-15;1-10-7-8-12(13-9-10)11-5-3-2-4-6-11;1-8(2)5-10(12)7-11(13)6-9(3)4;;/h2-5,7-13H,1H3;1-9,11-13H;2-5,7-9H,1H3;7-9,12H,5-6H2,1-4H3;;/q3*-1;;;. The van der Waals surface area contributed by atoms with Gasteiger partial charge < -0.3 is 20.1 Å². The second kappa shape index (κ2) is 28.8. The number of aromatic nitrogens is 3. The summed E-state index contributed by atoms with van der Waals surface area (Å²) in [7, 11) is 0. The fraction of sp³-hybridized carbons (Fsp3) is 0.172. The maximum absolute atomic E-state index is 11.2. The SMILES string of the molecule is CC(C)CC(=O)C=C(O)CC(C)C.Cc1ccc(-c2[c-]cccc2)nc1.Cc1ccc(-c2ccnc(-c3[c-]cccc3)c2)cc1.[Ir].[Ir].[c-]1ccccc1-c1ccc(-c2ccccc2)cn1. The molecule has 0 aliphatic heterocycles. The first-order valence-electron chi connectivity index (χ1n) is 21.3. The van der Waals surface area contributed by atoms with Gasteiger partial charge in [0.25, 0.3) is 0 Å². The smallest absolute Gasteiger partial charge is 0.159 e. The van der Waals surface area contributed by atoms with E-state index in [4.69, 9.17) is 0 Å². The van der Waals surface area contributed by atoms with Gasteiger partial charge in [-0.15, -0.1) is 108 Å². The maximum Gasteiger partial charge on any atom is 0.159 e. The summed E-state index contributed by atoms with van der Waals surface area (Å²) in [5, 5.41) is 9.34. The van der Waals surface area contributed by atoms with E-state index in [1.807, 2.05) is 162 Å². The number of allylic oxidation sites excluding steroid dienone is 2. The average molecular weight is 1210 g/mol. The molecule has 0 bridgehead atoms. The van der Waals surface area contributed by atoms with Gasteiger partial charge in [0.1, 0.15) is 0 Å². The molecule has 0 unspecified atom stereocenters. The van der Waals surface area contributed by atoms with Crippen molar-refractivity contribution in [2.45, 2.75) is 54.4 Å². The molecule has 8 rings (SSSR count). The van der Waals surface area contributed by atoms with E-state index >= 15 is 0 Å². The summed E-state index contributed by atoms with van der Waals surface area (Å²) < 4.78 is 0. The number of ketones is 1. The van der Waals surface area contributed by atoms with Crippen molar-refractivity contribution in [3.8, 4) is 56.0 Å². The summed E-state index contributed by atoms with van der Waals surface area (Å²) in [5.74, 6) is 0.979. The molecule has 0 saturated carbocycles. The summed E-state index contributed by atoms with van der Waals surface area (Å²) in [5.41, 5.74) is 13.2. The second-order valence-electron chi connectivity index (χ2n) is 15.9. The molecule has 0 aliphatic carbocycles. The zero-order valence-corrected chi connectivity index (χ0v) is 42.6. The van der Waals surface area contributed by atoms with Crippen molar-refractivity contribution >= 4 is 5.78 Å². The quantitative estimate of drug-likeness (QED) is 0.0839. The number of rotatable bonds is 10. The van der Waals surface area contributed by atoms with Crippen molar-refractivity contribution in [1.82, 2.24) is 15.0 Å². The molecule has 0 spiro atoms. The number of aryl methyl sites for hydroxylation is 2. The van der Waals surface area contributed by atoms with Gasteiger partial charge in [0.15, 0.2) is 5.78 Å². The third kappa shape index (κ3) is 19.0. The molecule has 0 atom stereocenters. The minimum atomic E-state index is 0. The molecule has 5 aromatic carbocycles. The van der Waals surface area contributed by atoms with Crippen LogP contribution in [0.1, 0.15) is 51.7 Å². The van der Waals surface area contributed by atoms with Crippen molar-refractivity contribution < 1.29 is 50.1 Å². The Kier molecular flexibility index (Phi) is 23.6. The zero-order chi connectivity index (χ0) is 44.8. The van der Waals surface area contributed by atoms with Crippen LogP contribution in [0.25, 0.3) is 56.0 Å². The van der Waals surface area contributed by atoms with Gasteiger partial charge in [-0.25, -0.2) is 0 Å². The van der Waals surface area contributed by atoms with Crippen LogP contribution in [-0.4, -0.2) is 25.8 Å². The zero-order valence-electron chi connectivity index (χ0n) is 37.8. The molecule has 65 heavy (non-hydrogen) atoms. The number of carbonyl (C=O) groups excluding carboxylic acids is 1. The van der Waals surface area contributed by atoms with Gasteiger partial charge in [-0.1, -0.05) is 118 Å². The van der Waals surface area contributed by atoms with Crippen LogP contribution in [0.15, 0.2) is 194 Å². The van der Waals surface area contributed by atoms with E-state index in [1.165, 1.54) is 33.9 Å². The van der Waals surface area contributed by atoms with Gasteiger partial charge in [-0.3, -0.25) is 4.79 Å². The number of aliphatic hydroxyl groups excluding tert-OH is 1. The molecular formula is C58H56Ir2N3O2-3. The molecule has 2 radical (unpaired) electrons. The van der Waals surface area contributed by atoms with Crippen LogP contribution in [0.3, 0.4) is 0 Å². The van der Waals surface area contributed by atoms with E-state index in [9.17, 15) is 9.90 Å². The molecule has 5 nitrogen and oxygen atoms in total. The first-order valence-corrected chi connectivity index (χ1v) is 21.3. The van der Waals surface area contributed by atoms with Crippen LogP contribution in [-0.2, 0) is 45.0 Å². The fourth-order valence-electron chi connectivity index (χ4n) is 6.27. The number of benzene rings is 5. The van der Waals surface area contributed by atoms with Crippen LogP contribution in [0.4, 0.5) is 0 Å². The first kappa shape index (κ1) is 53.4. The number of hydrogen-bond acceptors (Lipinski definition) is 5. The normalized spacial score (nSPS) is 10.4. The minimum Gasteiger partial charge on any atom is -0.512 e. The predicted molar refractivity (Wildman–Crippen MR) is 261 cm³/mol. The Morgan fingerprint density at radius 1 is 0.508 bits per heavy atom. The van der Waals surface area contributed by atoms with Crippen LogP contribution >= 0.6 is 0 Å². The summed E-state index contributed by atoms with van der Waals surface area (Å²) in [6.45, 7) is 12.1. The van der Waals surface area contributed by atoms with E-state index in [-0.39, 0.29) is 51.8 Å². The van der Waals surface area contributed by atoms with Gasteiger partial charge in [-0.05, 0) is 76.6 Å². The Morgan fingerprint density at radius 3 is 1.46 bits per heavy atom. The largest absolute Gasteiger partial charge is 0.512 e. The molecule has 0 saturated heterocycles. The van der Waals surface area contributed by atoms with Crippen molar-refractivity contribution in [2.75, 3.05) is 0 Å². The van der Waals surface area contributed by atoms with Crippen LogP contribution in [0, 0.1) is 43.9 Å². The third-order valence-corrected chi connectivity index (χ3v) is 9.44. The van der Waals surface area contributed by atoms with Gasteiger partial charge in [0.2, 0.25) is 0 Å². The molecule has 0 amide bonds. The van der Waals surface area contributed by atoms with Crippen LogP contribution in [0.2, 0.25) is 0 Å². The molecule has 7 heteroatoms. The Bertz CT molecular complexity index is 2510. The molecule has 0 aliphatic rings. The number of nitrogens with zero attached hydrogens (tertiary/aromatic N) is 3. The second-order valence-corrected chi connectivity index (χ2v) is 15.9. The van der Waals surface area contributed by atoms with E-state index < -0.39 is 0 Å². The van der Waals surface area contributed by atoms with E-state index in [0.29, 0.717) is 24.7 Å². The van der Waals surface area contributed by atoms with Crippen LogP contribution in [0.5, 0.6) is 0 Å². The molecule has 1 N–H and O–H groups in total. The average Bonchev–Trinajstić information content (AvgIpc) is 3.31. The predicted octanol–water partition coefficient (Wildman–Crippen LogP) is 14.7.